The molecule has 0 radical (unpaired) electrons. The minimum atomic E-state index is 0.430. The molecule has 8 nitrogen and oxygen atoms in total. The van der Waals surface area contributed by atoms with E-state index in [2.05, 4.69) is 50.4 Å². The number of nitrogens with zero attached hydrogens (tertiary/aromatic N) is 5. The Bertz CT molecular complexity index is 654. The van der Waals surface area contributed by atoms with Gasteiger partial charge >= 0.3 is 0 Å². The first-order chi connectivity index (χ1) is 14.7. The summed E-state index contributed by atoms with van der Waals surface area (Å²) in [7, 11) is 0. The standard InChI is InChI=1S/C21H39N7OS/c1-4-22-20(24-16-17(2)27-12-14-29-15-13-27)23-11-7-10-19-25-26-21(30-3)28(19)18-8-5-6-9-18/h17-18H,4-16H2,1-3H3,(H2,22,23,24). The van der Waals surface area contributed by atoms with Crippen LogP contribution in [0.15, 0.2) is 10.1 Å². The third-order valence-corrected chi connectivity index (χ3v) is 6.65. The first-order valence-corrected chi connectivity index (χ1v) is 12.8. The van der Waals surface area contributed by atoms with Gasteiger partial charge in [-0.25, -0.2) is 0 Å². The molecule has 1 atom stereocenters. The summed E-state index contributed by atoms with van der Waals surface area (Å²) in [5.41, 5.74) is 0. The molecule has 2 fully saturated rings. The van der Waals surface area contributed by atoms with Crippen molar-refractivity contribution in [1.29, 1.82) is 0 Å². The fourth-order valence-corrected chi connectivity index (χ4v) is 4.87. The van der Waals surface area contributed by atoms with Crippen molar-refractivity contribution in [2.75, 3.05) is 52.2 Å². The van der Waals surface area contributed by atoms with Crippen LogP contribution in [0.25, 0.3) is 0 Å². The Labute approximate surface area is 185 Å². The molecule has 0 aromatic carbocycles. The number of aliphatic imine (C=N–C) groups is 1. The molecule has 1 aromatic rings. The second-order valence-corrected chi connectivity index (χ2v) is 8.93. The average molecular weight is 438 g/mol. The molecular formula is C21H39N7OS. The number of nitrogens with one attached hydrogen (secondary N) is 2. The molecule has 170 valence electrons. The Morgan fingerprint density at radius 3 is 2.70 bits per heavy atom. The molecule has 1 saturated carbocycles. The summed E-state index contributed by atoms with van der Waals surface area (Å²) in [5.74, 6) is 2.04. The smallest absolute Gasteiger partial charge is 0.191 e. The highest BCUT2D eigenvalue weighted by molar-refractivity contribution is 7.98. The fraction of sp³-hybridized carbons (Fsp3) is 0.857. The second-order valence-electron chi connectivity index (χ2n) is 8.16. The largest absolute Gasteiger partial charge is 0.379 e. The lowest BCUT2D eigenvalue weighted by molar-refractivity contribution is 0.0220. The van der Waals surface area contributed by atoms with Crippen LogP contribution < -0.4 is 10.6 Å². The van der Waals surface area contributed by atoms with Crippen LogP contribution in [0.5, 0.6) is 0 Å². The minimum Gasteiger partial charge on any atom is -0.379 e. The number of hydrogen-bond acceptors (Lipinski definition) is 6. The number of guanidine groups is 1. The highest BCUT2D eigenvalue weighted by atomic mass is 32.2. The van der Waals surface area contributed by atoms with Crippen LogP contribution in [-0.4, -0.2) is 83.9 Å². The zero-order valence-electron chi connectivity index (χ0n) is 18.9. The van der Waals surface area contributed by atoms with Gasteiger partial charge in [0, 0.05) is 44.7 Å². The van der Waals surface area contributed by atoms with Gasteiger partial charge < -0.3 is 19.9 Å². The van der Waals surface area contributed by atoms with Crippen molar-refractivity contribution < 1.29 is 4.74 Å². The summed E-state index contributed by atoms with van der Waals surface area (Å²) in [4.78, 5) is 7.26. The SMILES string of the molecule is CCNC(=NCC(C)N1CCOCC1)NCCCc1nnc(SC)n1C1CCCC1. The first-order valence-electron chi connectivity index (χ1n) is 11.5. The number of morpholine rings is 1. The van der Waals surface area contributed by atoms with Gasteiger partial charge in [0.25, 0.3) is 0 Å². The Balaban J connectivity index is 1.47. The van der Waals surface area contributed by atoms with Crippen LogP contribution in [-0.2, 0) is 11.2 Å². The lowest BCUT2D eigenvalue weighted by Gasteiger charge is -2.31. The number of rotatable bonds is 10. The summed E-state index contributed by atoms with van der Waals surface area (Å²) in [6, 6.07) is 1.02. The number of aromatic nitrogens is 3. The summed E-state index contributed by atoms with van der Waals surface area (Å²) in [6.45, 7) is 10.6. The van der Waals surface area contributed by atoms with Crippen molar-refractivity contribution in [1.82, 2.24) is 30.3 Å². The summed E-state index contributed by atoms with van der Waals surface area (Å²) >= 11 is 1.71. The normalized spacial score (nSPS) is 19.9. The number of aryl methyl sites for hydroxylation is 1. The van der Waals surface area contributed by atoms with E-state index < -0.39 is 0 Å². The predicted molar refractivity (Wildman–Crippen MR) is 123 cm³/mol. The zero-order valence-corrected chi connectivity index (χ0v) is 19.7. The van der Waals surface area contributed by atoms with Gasteiger partial charge in [0.05, 0.1) is 19.8 Å². The van der Waals surface area contributed by atoms with Gasteiger partial charge in [-0.3, -0.25) is 9.89 Å². The molecule has 0 bridgehead atoms. The van der Waals surface area contributed by atoms with Crippen LogP contribution in [0.1, 0.15) is 57.8 Å². The molecule has 1 saturated heterocycles. The van der Waals surface area contributed by atoms with E-state index in [0.29, 0.717) is 12.1 Å². The van der Waals surface area contributed by atoms with E-state index in [1.54, 1.807) is 11.8 Å². The molecule has 2 N–H and O–H groups in total. The van der Waals surface area contributed by atoms with Crippen molar-refractivity contribution >= 4 is 17.7 Å². The van der Waals surface area contributed by atoms with Crippen molar-refractivity contribution in [3.8, 4) is 0 Å². The van der Waals surface area contributed by atoms with E-state index in [9.17, 15) is 0 Å². The molecule has 1 unspecified atom stereocenters. The van der Waals surface area contributed by atoms with Crippen molar-refractivity contribution in [3.05, 3.63) is 5.82 Å². The van der Waals surface area contributed by atoms with E-state index in [-0.39, 0.29) is 0 Å². The van der Waals surface area contributed by atoms with Crippen molar-refractivity contribution in [3.63, 3.8) is 0 Å². The highest BCUT2D eigenvalue weighted by Gasteiger charge is 2.23. The lowest BCUT2D eigenvalue weighted by atomic mass is 10.2. The van der Waals surface area contributed by atoms with Crippen LogP contribution in [0.3, 0.4) is 0 Å². The third kappa shape index (κ3) is 6.59. The quantitative estimate of drug-likeness (QED) is 0.252. The van der Waals surface area contributed by atoms with E-state index in [0.717, 1.165) is 75.7 Å². The Hall–Kier alpha value is -1.32. The Morgan fingerprint density at radius 2 is 2.00 bits per heavy atom. The van der Waals surface area contributed by atoms with Gasteiger partial charge in [0.2, 0.25) is 0 Å². The summed E-state index contributed by atoms with van der Waals surface area (Å²) in [6.07, 6.45) is 9.22. The van der Waals surface area contributed by atoms with E-state index >= 15 is 0 Å². The topological polar surface area (TPSA) is 79.6 Å². The van der Waals surface area contributed by atoms with Crippen LogP contribution in [0, 0.1) is 0 Å². The van der Waals surface area contributed by atoms with Gasteiger partial charge in [0.15, 0.2) is 11.1 Å². The molecule has 30 heavy (non-hydrogen) atoms. The molecule has 9 heteroatoms. The molecule has 1 aliphatic carbocycles. The zero-order chi connectivity index (χ0) is 21.2. The van der Waals surface area contributed by atoms with Gasteiger partial charge in [-0.05, 0) is 39.4 Å². The maximum atomic E-state index is 5.45. The first kappa shape index (κ1) is 23.3. The number of thioether (sulfide) groups is 1. The van der Waals surface area contributed by atoms with E-state index in [1.165, 1.54) is 25.7 Å². The third-order valence-electron chi connectivity index (χ3n) is 6.00. The van der Waals surface area contributed by atoms with Gasteiger partial charge in [-0.1, -0.05) is 24.6 Å². The van der Waals surface area contributed by atoms with E-state index in [1.807, 2.05) is 0 Å². The minimum absolute atomic E-state index is 0.430. The fourth-order valence-electron chi connectivity index (χ4n) is 4.30. The highest BCUT2D eigenvalue weighted by Crippen LogP contribution is 2.33. The van der Waals surface area contributed by atoms with Crippen molar-refractivity contribution in [2.45, 2.75) is 69.6 Å². The average Bonchev–Trinajstić information content (AvgIpc) is 3.44. The van der Waals surface area contributed by atoms with Crippen LogP contribution >= 0.6 is 11.8 Å². The molecule has 2 aliphatic rings. The second kappa shape index (κ2) is 12.5. The molecule has 0 amide bonds. The molecule has 1 aromatic heterocycles. The van der Waals surface area contributed by atoms with Gasteiger partial charge in [-0.2, -0.15) is 0 Å². The number of ether oxygens (including phenoxy) is 1. The number of hydrogen-bond donors (Lipinski definition) is 2. The maximum Gasteiger partial charge on any atom is 0.191 e. The summed E-state index contributed by atoms with van der Waals surface area (Å²) in [5, 5.41) is 16.8. The van der Waals surface area contributed by atoms with Gasteiger partial charge in [0.1, 0.15) is 5.82 Å². The lowest BCUT2D eigenvalue weighted by Crippen LogP contribution is -2.44. The van der Waals surface area contributed by atoms with Crippen molar-refractivity contribution in [2.24, 2.45) is 4.99 Å². The predicted octanol–water partition coefficient (Wildman–Crippen LogP) is 2.32. The molecule has 1 aliphatic heterocycles. The molecule has 0 spiro atoms. The molecule has 3 rings (SSSR count). The Morgan fingerprint density at radius 1 is 1.23 bits per heavy atom. The van der Waals surface area contributed by atoms with E-state index in [4.69, 9.17) is 9.73 Å². The summed E-state index contributed by atoms with van der Waals surface area (Å²) < 4.78 is 7.85. The molecule has 2 heterocycles. The maximum absolute atomic E-state index is 5.45. The monoisotopic (exact) mass is 437 g/mol. The molecular weight excluding hydrogens is 398 g/mol. The van der Waals surface area contributed by atoms with Crippen LogP contribution in [0.4, 0.5) is 0 Å². The van der Waals surface area contributed by atoms with Gasteiger partial charge in [-0.15, -0.1) is 10.2 Å². The van der Waals surface area contributed by atoms with Crippen LogP contribution in [0.2, 0.25) is 0 Å². The Kier molecular flexibility index (Phi) is 9.74.